The van der Waals surface area contributed by atoms with E-state index in [-0.39, 0.29) is 16.0 Å². The van der Waals surface area contributed by atoms with E-state index in [0.29, 0.717) is 11.4 Å². The summed E-state index contributed by atoms with van der Waals surface area (Å²) in [7, 11) is -2.51. The second kappa shape index (κ2) is 6.61. The van der Waals surface area contributed by atoms with Crippen molar-refractivity contribution < 1.29 is 17.6 Å². The third-order valence-electron chi connectivity index (χ3n) is 3.19. The molecule has 3 aromatic rings. The van der Waals surface area contributed by atoms with Gasteiger partial charge in [-0.15, -0.1) is 0 Å². The highest BCUT2D eigenvalue weighted by Gasteiger charge is 2.17. The fraction of sp³-hybridized carbons (Fsp3) is 0.0667. The van der Waals surface area contributed by atoms with E-state index in [1.807, 2.05) is 0 Å². The minimum Gasteiger partial charge on any atom is -0.452 e. The molecule has 0 aliphatic rings. The molecule has 1 aromatic heterocycles. The number of rotatable bonds is 5. The number of benzene rings is 2. The van der Waals surface area contributed by atoms with Gasteiger partial charge in [0, 0.05) is 5.69 Å². The van der Waals surface area contributed by atoms with E-state index in [1.54, 1.807) is 12.1 Å². The number of hydrogen-bond acceptors (Lipinski definition) is 6. The quantitative estimate of drug-likeness (QED) is 0.727. The van der Waals surface area contributed by atoms with Gasteiger partial charge in [0.05, 0.1) is 17.8 Å². The minimum absolute atomic E-state index is 0.0294. The van der Waals surface area contributed by atoms with Gasteiger partial charge in [0.2, 0.25) is 0 Å². The number of ether oxygens (including phenoxy) is 1. The number of halogens is 1. The molecule has 0 fully saturated rings. The number of sulfonamides is 1. The van der Waals surface area contributed by atoms with Crippen LogP contribution in [0.5, 0.6) is 6.08 Å². The Morgan fingerprint density at radius 3 is 2.44 bits per heavy atom. The molecule has 8 nitrogen and oxygen atoms in total. The molecule has 0 saturated heterocycles. The van der Waals surface area contributed by atoms with Crippen molar-refractivity contribution in [3.05, 3.63) is 64.1 Å². The Balaban J connectivity index is 1.87. The Morgan fingerprint density at radius 2 is 1.84 bits per heavy atom. The lowest BCUT2D eigenvalue weighted by molar-refractivity contribution is 0.282. The zero-order chi connectivity index (χ0) is 18.0. The zero-order valence-electron chi connectivity index (χ0n) is 12.8. The number of aromatic nitrogens is 2. The molecule has 0 radical (unpaired) electrons. The van der Waals surface area contributed by atoms with Crippen LogP contribution in [-0.2, 0) is 10.0 Å². The lowest BCUT2D eigenvalue weighted by atomic mass is 10.3. The molecule has 0 saturated carbocycles. The number of methoxy groups -OCH3 is 1. The van der Waals surface area contributed by atoms with Crippen LogP contribution < -0.4 is 15.2 Å². The fourth-order valence-corrected chi connectivity index (χ4v) is 3.63. The predicted molar refractivity (Wildman–Crippen MR) is 90.9 cm³/mol. The van der Waals surface area contributed by atoms with E-state index in [9.17, 15) is 13.2 Å². The van der Waals surface area contributed by atoms with E-state index in [0.717, 1.165) is 4.68 Å². The summed E-state index contributed by atoms with van der Waals surface area (Å²) in [5, 5.41) is 3.94. The van der Waals surface area contributed by atoms with E-state index < -0.39 is 15.8 Å². The van der Waals surface area contributed by atoms with Crippen molar-refractivity contribution in [3.63, 3.8) is 0 Å². The van der Waals surface area contributed by atoms with Crippen LogP contribution in [0.2, 0.25) is 5.02 Å². The molecule has 3 rings (SSSR count). The van der Waals surface area contributed by atoms with E-state index in [2.05, 4.69) is 9.82 Å². The highest BCUT2D eigenvalue weighted by molar-refractivity contribution is 7.92. The third kappa shape index (κ3) is 3.52. The average Bonchev–Trinajstić information content (AvgIpc) is 2.96. The van der Waals surface area contributed by atoms with Crippen LogP contribution >= 0.6 is 11.6 Å². The normalized spacial score (nSPS) is 11.3. The van der Waals surface area contributed by atoms with Gasteiger partial charge in [0.1, 0.15) is 4.90 Å². The van der Waals surface area contributed by atoms with Crippen molar-refractivity contribution in [2.75, 3.05) is 11.8 Å². The van der Waals surface area contributed by atoms with Gasteiger partial charge in [-0.1, -0.05) is 28.8 Å². The highest BCUT2D eigenvalue weighted by atomic mass is 35.5. The van der Waals surface area contributed by atoms with Crippen molar-refractivity contribution >= 4 is 27.3 Å². The molecule has 0 atom stereocenters. The van der Waals surface area contributed by atoms with Crippen LogP contribution in [0.3, 0.4) is 0 Å². The predicted octanol–water partition coefficient (Wildman–Crippen LogP) is 2.29. The Kier molecular flexibility index (Phi) is 4.51. The molecule has 0 aliphatic heterocycles. The van der Waals surface area contributed by atoms with Gasteiger partial charge < -0.3 is 9.15 Å². The van der Waals surface area contributed by atoms with Crippen molar-refractivity contribution in [2.45, 2.75) is 4.90 Å². The maximum absolute atomic E-state index is 12.4. The lowest BCUT2D eigenvalue weighted by Gasteiger charge is -2.09. The number of anilines is 1. The van der Waals surface area contributed by atoms with Crippen LogP contribution in [0, 0.1) is 0 Å². The average molecular weight is 382 g/mol. The first-order valence-electron chi connectivity index (χ1n) is 6.92. The third-order valence-corrected chi connectivity index (χ3v) is 5.08. The van der Waals surface area contributed by atoms with Gasteiger partial charge in [-0.05, 0) is 36.4 Å². The van der Waals surface area contributed by atoms with Crippen molar-refractivity contribution in [1.29, 1.82) is 0 Å². The molecule has 2 aromatic carbocycles. The van der Waals surface area contributed by atoms with Gasteiger partial charge in [-0.3, -0.25) is 4.72 Å². The van der Waals surface area contributed by atoms with E-state index in [4.69, 9.17) is 20.8 Å². The maximum Gasteiger partial charge on any atom is 0.444 e. The first-order valence-corrected chi connectivity index (χ1v) is 8.79. The van der Waals surface area contributed by atoms with Crippen molar-refractivity contribution in [1.82, 2.24) is 9.78 Å². The molecule has 0 spiro atoms. The summed E-state index contributed by atoms with van der Waals surface area (Å²) in [6, 6.07) is 12.1. The molecule has 1 N–H and O–H groups in total. The number of hydrogen-bond donors (Lipinski definition) is 1. The largest absolute Gasteiger partial charge is 0.452 e. The van der Waals surface area contributed by atoms with Crippen LogP contribution in [0.1, 0.15) is 0 Å². The molecule has 0 amide bonds. The van der Waals surface area contributed by atoms with E-state index >= 15 is 0 Å². The molecular formula is C15H12ClN3O5S. The minimum atomic E-state index is -3.83. The Hall–Kier alpha value is -2.78. The molecule has 0 unspecified atom stereocenters. The van der Waals surface area contributed by atoms with Crippen LogP contribution in [0.15, 0.2) is 62.6 Å². The van der Waals surface area contributed by atoms with Gasteiger partial charge in [0.15, 0.2) is 0 Å². The van der Waals surface area contributed by atoms with Crippen LogP contribution in [-0.4, -0.2) is 25.3 Å². The molecule has 1 heterocycles. The Labute approximate surface area is 147 Å². The lowest BCUT2D eigenvalue weighted by Crippen LogP contribution is -2.15. The summed E-state index contributed by atoms with van der Waals surface area (Å²) in [5.41, 5.74) is 0.685. The topological polar surface area (TPSA) is 103 Å². The summed E-state index contributed by atoms with van der Waals surface area (Å²) in [6.45, 7) is 0. The van der Waals surface area contributed by atoms with Gasteiger partial charge >= 0.3 is 11.8 Å². The molecule has 0 bridgehead atoms. The molecule has 25 heavy (non-hydrogen) atoms. The fourth-order valence-electron chi connectivity index (χ4n) is 2.05. The first-order chi connectivity index (χ1) is 11.9. The van der Waals surface area contributed by atoms with E-state index in [1.165, 1.54) is 43.5 Å². The summed E-state index contributed by atoms with van der Waals surface area (Å²) in [5.74, 6) is -0.721. The van der Waals surface area contributed by atoms with Gasteiger partial charge in [0.25, 0.3) is 10.0 Å². The second-order valence-electron chi connectivity index (χ2n) is 4.83. The zero-order valence-corrected chi connectivity index (χ0v) is 14.4. The maximum atomic E-state index is 12.4. The number of nitrogens with one attached hydrogen (secondary N) is 1. The summed E-state index contributed by atoms with van der Waals surface area (Å²) in [6.07, 6.45) is -0.173. The van der Waals surface area contributed by atoms with Crippen molar-refractivity contribution in [2.24, 2.45) is 0 Å². The summed E-state index contributed by atoms with van der Waals surface area (Å²) < 4.78 is 37.7. The molecule has 0 aliphatic carbocycles. The van der Waals surface area contributed by atoms with Crippen LogP contribution in [0.4, 0.5) is 5.69 Å². The van der Waals surface area contributed by atoms with Crippen molar-refractivity contribution in [3.8, 4) is 11.8 Å². The first kappa shape index (κ1) is 17.1. The Morgan fingerprint density at radius 1 is 1.16 bits per heavy atom. The van der Waals surface area contributed by atoms with Gasteiger partial charge in [-0.2, -0.15) is 4.68 Å². The Bertz CT molecular complexity index is 1060. The van der Waals surface area contributed by atoms with Crippen LogP contribution in [0.25, 0.3) is 5.69 Å². The summed E-state index contributed by atoms with van der Waals surface area (Å²) in [4.78, 5) is 11.6. The monoisotopic (exact) mass is 381 g/mol. The molecule has 10 heteroatoms. The highest BCUT2D eigenvalue weighted by Crippen LogP contribution is 2.23. The molecule has 130 valence electrons. The smallest absolute Gasteiger partial charge is 0.444 e. The summed E-state index contributed by atoms with van der Waals surface area (Å²) >= 11 is 5.93. The standard InChI is InChI=1S/C15H12ClN3O5S/c1-23-14-17-19(15(20)24-14)11-8-6-10(7-9-11)18-25(21,22)13-5-3-2-4-12(13)16/h2-9,18H,1H3. The number of nitrogens with zero attached hydrogens (tertiary/aromatic N) is 2. The van der Waals surface area contributed by atoms with Gasteiger partial charge in [-0.25, -0.2) is 13.2 Å². The molecular weight excluding hydrogens is 370 g/mol. The SMILES string of the molecule is COc1nn(-c2ccc(NS(=O)(=O)c3ccccc3Cl)cc2)c(=O)o1. The second-order valence-corrected chi connectivity index (χ2v) is 6.89.